The molecule has 4 nitrogen and oxygen atoms in total. The van der Waals surface area contributed by atoms with Gasteiger partial charge in [-0.25, -0.2) is 9.78 Å². The van der Waals surface area contributed by atoms with Gasteiger partial charge in [0.2, 0.25) is 0 Å². The van der Waals surface area contributed by atoms with Crippen LogP contribution < -0.4 is 5.32 Å². The maximum atomic E-state index is 11.3. The van der Waals surface area contributed by atoms with Crippen LogP contribution in [0.4, 0.5) is 5.13 Å². The summed E-state index contributed by atoms with van der Waals surface area (Å²) in [6, 6.07) is 4.78. The van der Waals surface area contributed by atoms with Crippen LogP contribution in [0.5, 0.6) is 0 Å². The first-order valence-electron chi connectivity index (χ1n) is 5.76. The summed E-state index contributed by atoms with van der Waals surface area (Å²) in [7, 11) is 1.35. The van der Waals surface area contributed by atoms with E-state index >= 15 is 0 Å². The van der Waals surface area contributed by atoms with Crippen molar-refractivity contribution in [3.63, 3.8) is 0 Å². The van der Waals surface area contributed by atoms with Crippen LogP contribution in [0.1, 0.15) is 6.92 Å². The Labute approximate surface area is 130 Å². The largest absolute Gasteiger partial charge is 0.467 e. The molecule has 0 aliphatic carbocycles. The molecule has 0 saturated heterocycles. The molecule has 2 rings (SSSR count). The first-order valence-corrected chi connectivity index (χ1v) is 7.40. The van der Waals surface area contributed by atoms with Crippen LogP contribution in [-0.2, 0) is 9.53 Å². The van der Waals surface area contributed by atoms with Gasteiger partial charge in [0.05, 0.1) is 17.8 Å². The normalized spacial score (nSPS) is 12.0. The van der Waals surface area contributed by atoms with E-state index in [9.17, 15) is 4.79 Å². The quantitative estimate of drug-likeness (QED) is 0.858. The minimum Gasteiger partial charge on any atom is -0.467 e. The van der Waals surface area contributed by atoms with Gasteiger partial charge >= 0.3 is 5.97 Å². The number of methoxy groups -OCH3 is 1. The number of benzene rings is 1. The van der Waals surface area contributed by atoms with E-state index in [0.29, 0.717) is 15.2 Å². The van der Waals surface area contributed by atoms with Crippen molar-refractivity contribution in [1.82, 2.24) is 4.98 Å². The van der Waals surface area contributed by atoms with Crippen LogP contribution in [0.3, 0.4) is 0 Å². The zero-order valence-electron chi connectivity index (χ0n) is 10.8. The molecule has 0 aliphatic heterocycles. The van der Waals surface area contributed by atoms with Crippen molar-refractivity contribution in [3.8, 4) is 11.3 Å². The van der Waals surface area contributed by atoms with Gasteiger partial charge in [-0.15, -0.1) is 11.3 Å². The molecule has 0 saturated carbocycles. The van der Waals surface area contributed by atoms with Crippen molar-refractivity contribution < 1.29 is 9.53 Å². The Hall–Kier alpha value is -1.30. The highest BCUT2D eigenvalue weighted by atomic mass is 35.5. The molecule has 0 aliphatic rings. The summed E-state index contributed by atoms with van der Waals surface area (Å²) in [6.07, 6.45) is 0. The van der Waals surface area contributed by atoms with Gasteiger partial charge in [0.15, 0.2) is 5.13 Å². The number of ether oxygens (including phenoxy) is 1. The molecule has 7 heteroatoms. The second-order valence-electron chi connectivity index (χ2n) is 4.05. The summed E-state index contributed by atoms with van der Waals surface area (Å²) in [5.41, 5.74) is 1.53. The molecule has 0 spiro atoms. The average Bonchev–Trinajstić information content (AvgIpc) is 2.85. The number of rotatable bonds is 4. The lowest BCUT2D eigenvalue weighted by atomic mass is 10.2. The molecule has 0 unspecified atom stereocenters. The molecule has 0 amide bonds. The predicted octanol–water partition coefficient (Wildman–Crippen LogP) is 4.09. The second-order valence-corrected chi connectivity index (χ2v) is 5.75. The number of carbonyl (C=O) groups excluding carboxylic acids is 1. The van der Waals surface area contributed by atoms with Crippen LogP contribution in [0.15, 0.2) is 23.6 Å². The third-order valence-electron chi connectivity index (χ3n) is 2.61. The van der Waals surface area contributed by atoms with E-state index in [1.54, 1.807) is 19.1 Å². The number of carbonyl (C=O) groups is 1. The molecule has 1 aromatic heterocycles. The minimum atomic E-state index is -0.459. The Balaban J connectivity index is 2.18. The van der Waals surface area contributed by atoms with Gasteiger partial charge in [-0.3, -0.25) is 0 Å². The number of nitrogens with one attached hydrogen (secondary N) is 1. The molecule has 2 aromatic rings. The molecule has 1 atom stereocenters. The van der Waals surface area contributed by atoms with Crippen LogP contribution in [0.2, 0.25) is 10.0 Å². The van der Waals surface area contributed by atoms with E-state index in [2.05, 4.69) is 15.0 Å². The number of aromatic nitrogens is 1. The van der Waals surface area contributed by atoms with E-state index < -0.39 is 6.04 Å². The molecule has 20 heavy (non-hydrogen) atoms. The van der Waals surface area contributed by atoms with Gasteiger partial charge in [-0.2, -0.15) is 0 Å². The minimum absolute atomic E-state index is 0.341. The molecular formula is C13H12Cl2N2O2S. The highest BCUT2D eigenvalue weighted by molar-refractivity contribution is 7.14. The molecule has 1 N–H and O–H groups in total. The summed E-state index contributed by atoms with van der Waals surface area (Å²) >= 11 is 13.4. The SMILES string of the molecule is COC(=O)[C@H](C)Nc1nc(-c2ccc(Cl)cc2Cl)cs1. The Kier molecular flexibility index (Phi) is 4.86. The zero-order chi connectivity index (χ0) is 14.7. The van der Waals surface area contributed by atoms with Gasteiger partial charge in [0, 0.05) is 16.0 Å². The smallest absolute Gasteiger partial charge is 0.328 e. The number of thiazole rings is 1. The Morgan fingerprint density at radius 2 is 2.20 bits per heavy atom. The number of esters is 1. The number of hydrogen-bond acceptors (Lipinski definition) is 5. The number of hydrogen-bond donors (Lipinski definition) is 1. The fraction of sp³-hybridized carbons (Fsp3) is 0.231. The monoisotopic (exact) mass is 330 g/mol. The van der Waals surface area contributed by atoms with Gasteiger partial charge < -0.3 is 10.1 Å². The summed E-state index contributed by atoms with van der Waals surface area (Å²) in [5, 5.41) is 6.58. The molecule has 0 radical (unpaired) electrons. The third kappa shape index (κ3) is 3.42. The standard InChI is InChI=1S/C13H12Cl2N2O2S/c1-7(12(18)19-2)16-13-17-11(6-20-13)9-4-3-8(14)5-10(9)15/h3-7H,1-2H3,(H,16,17)/t7-/m0/s1. The van der Waals surface area contributed by atoms with E-state index in [-0.39, 0.29) is 5.97 Å². The van der Waals surface area contributed by atoms with E-state index in [4.69, 9.17) is 23.2 Å². The summed E-state index contributed by atoms with van der Waals surface area (Å²) in [4.78, 5) is 15.7. The van der Waals surface area contributed by atoms with E-state index in [1.807, 2.05) is 11.4 Å². The molecule has 106 valence electrons. The maximum Gasteiger partial charge on any atom is 0.328 e. The van der Waals surface area contributed by atoms with Crippen molar-refractivity contribution in [2.24, 2.45) is 0 Å². The summed E-state index contributed by atoms with van der Waals surface area (Å²) < 4.78 is 4.65. The average molecular weight is 331 g/mol. The van der Waals surface area contributed by atoms with Crippen LogP contribution in [-0.4, -0.2) is 24.1 Å². The van der Waals surface area contributed by atoms with Gasteiger partial charge in [-0.1, -0.05) is 23.2 Å². The maximum absolute atomic E-state index is 11.3. The predicted molar refractivity (Wildman–Crippen MR) is 82.7 cm³/mol. The number of nitrogens with zero attached hydrogens (tertiary/aromatic N) is 1. The van der Waals surface area contributed by atoms with Crippen molar-refractivity contribution in [2.75, 3.05) is 12.4 Å². The topological polar surface area (TPSA) is 51.2 Å². The lowest BCUT2D eigenvalue weighted by molar-refractivity contribution is -0.141. The highest BCUT2D eigenvalue weighted by Gasteiger charge is 2.15. The van der Waals surface area contributed by atoms with Crippen LogP contribution in [0.25, 0.3) is 11.3 Å². The van der Waals surface area contributed by atoms with Gasteiger partial charge in [-0.05, 0) is 25.1 Å². The Morgan fingerprint density at radius 3 is 2.85 bits per heavy atom. The van der Waals surface area contributed by atoms with E-state index in [1.165, 1.54) is 18.4 Å². The molecule has 1 heterocycles. The fourth-order valence-electron chi connectivity index (χ4n) is 1.58. The number of halogens is 2. The zero-order valence-corrected chi connectivity index (χ0v) is 13.1. The highest BCUT2D eigenvalue weighted by Crippen LogP contribution is 2.32. The van der Waals surface area contributed by atoms with E-state index in [0.717, 1.165) is 11.3 Å². The van der Waals surface area contributed by atoms with Gasteiger partial charge in [0.1, 0.15) is 6.04 Å². The number of anilines is 1. The van der Waals surface area contributed by atoms with Crippen molar-refractivity contribution in [3.05, 3.63) is 33.6 Å². The third-order valence-corrected chi connectivity index (χ3v) is 3.93. The second kappa shape index (κ2) is 6.43. The fourth-order valence-corrected chi connectivity index (χ4v) is 2.89. The van der Waals surface area contributed by atoms with Crippen LogP contribution in [0, 0.1) is 0 Å². The molecule has 0 fully saturated rings. The van der Waals surface area contributed by atoms with Gasteiger partial charge in [0.25, 0.3) is 0 Å². The van der Waals surface area contributed by atoms with Crippen molar-refractivity contribution in [1.29, 1.82) is 0 Å². The van der Waals surface area contributed by atoms with Crippen molar-refractivity contribution >= 4 is 45.6 Å². The molecule has 0 bridgehead atoms. The van der Waals surface area contributed by atoms with Crippen LogP contribution >= 0.6 is 34.5 Å². The lowest BCUT2D eigenvalue weighted by Gasteiger charge is -2.09. The summed E-state index contributed by atoms with van der Waals surface area (Å²) in [6.45, 7) is 1.71. The summed E-state index contributed by atoms with van der Waals surface area (Å²) in [5.74, 6) is -0.341. The molecular weight excluding hydrogens is 319 g/mol. The first-order chi connectivity index (χ1) is 9.51. The first kappa shape index (κ1) is 15.1. The Bertz CT molecular complexity index is 631. The Morgan fingerprint density at radius 1 is 1.45 bits per heavy atom. The van der Waals surface area contributed by atoms with Crippen molar-refractivity contribution in [2.45, 2.75) is 13.0 Å². The molecule has 1 aromatic carbocycles. The lowest BCUT2D eigenvalue weighted by Crippen LogP contribution is -2.26.